The molecule has 21 heavy (non-hydrogen) atoms. The van der Waals surface area contributed by atoms with Gasteiger partial charge in [0.25, 0.3) is 0 Å². The van der Waals surface area contributed by atoms with Gasteiger partial charge in [-0.25, -0.2) is 0 Å². The summed E-state index contributed by atoms with van der Waals surface area (Å²) in [7, 11) is 0. The van der Waals surface area contributed by atoms with Crippen molar-refractivity contribution in [3.05, 3.63) is 24.3 Å². The summed E-state index contributed by atoms with van der Waals surface area (Å²) in [4.78, 5) is 10.3. The predicted octanol–water partition coefficient (Wildman–Crippen LogP) is 6.27. The molecule has 2 heteroatoms. The molecule has 0 aliphatic carbocycles. The van der Waals surface area contributed by atoms with Crippen molar-refractivity contribution >= 4 is 5.97 Å². The summed E-state index contributed by atoms with van der Waals surface area (Å²) in [5.74, 6) is -0.670. The summed E-state index contributed by atoms with van der Waals surface area (Å²) in [6.07, 6.45) is 23.7. The molecule has 1 N–H and O–H groups in total. The van der Waals surface area contributed by atoms with Crippen LogP contribution in [0.5, 0.6) is 0 Å². The Morgan fingerprint density at radius 3 is 1.86 bits per heavy atom. The molecule has 0 aliphatic heterocycles. The number of allylic oxidation sites excluding steroid dienone is 4. The van der Waals surface area contributed by atoms with Crippen LogP contribution in [-0.4, -0.2) is 11.1 Å². The summed E-state index contributed by atoms with van der Waals surface area (Å²) in [6.45, 7) is 2.25. The Morgan fingerprint density at radius 1 is 0.762 bits per heavy atom. The van der Waals surface area contributed by atoms with E-state index >= 15 is 0 Å². The minimum absolute atomic E-state index is 0.324. The van der Waals surface area contributed by atoms with Crippen LogP contribution in [-0.2, 0) is 4.79 Å². The summed E-state index contributed by atoms with van der Waals surface area (Å²) in [6, 6.07) is 0. The second-order valence-electron chi connectivity index (χ2n) is 5.73. The first-order chi connectivity index (χ1) is 10.3. The Balaban J connectivity index is 3.18. The summed E-state index contributed by atoms with van der Waals surface area (Å²) >= 11 is 0. The number of carboxylic acids is 1. The largest absolute Gasteiger partial charge is 0.481 e. The third kappa shape index (κ3) is 18.9. The predicted molar refractivity (Wildman–Crippen MR) is 91.6 cm³/mol. The zero-order chi connectivity index (χ0) is 15.6. The molecule has 0 heterocycles. The molecule has 0 bridgehead atoms. The van der Waals surface area contributed by atoms with Gasteiger partial charge in [0, 0.05) is 6.42 Å². The lowest BCUT2D eigenvalue weighted by molar-refractivity contribution is -0.137. The number of aliphatic carboxylic acids is 1. The van der Waals surface area contributed by atoms with Gasteiger partial charge in [-0.2, -0.15) is 0 Å². The van der Waals surface area contributed by atoms with E-state index in [1.165, 1.54) is 51.4 Å². The minimum Gasteiger partial charge on any atom is -0.481 e. The first kappa shape index (κ1) is 19.9. The molecule has 0 unspecified atom stereocenters. The van der Waals surface area contributed by atoms with Gasteiger partial charge in [0.15, 0.2) is 0 Å². The molecule has 0 atom stereocenters. The van der Waals surface area contributed by atoms with E-state index in [0.717, 1.165) is 25.7 Å². The van der Waals surface area contributed by atoms with Crippen molar-refractivity contribution in [2.24, 2.45) is 0 Å². The van der Waals surface area contributed by atoms with Gasteiger partial charge < -0.3 is 5.11 Å². The molecule has 2 nitrogen and oxygen atoms in total. The second kappa shape index (κ2) is 17.0. The minimum atomic E-state index is -0.670. The Morgan fingerprint density at radius 2 is 1.29 bits per heavy atom. The highest BCUT2D eigenvalue weighted by atomic mass is 16.4. The molecule has 122 valence electrons. The van der Waals surface area contributed by atoms with Crippen molar-refractivity contribution in [2.75, 3.05) is 0 Å². The molecule has 0 aromatic heterocycles. The van der Waals surface area contributed by atoms with E-state index in [1.54, 1.807) is 0 Å². The zero-order valence-electron chi connectivity index (χ0n) is 13.9. The number of carbonyl (C=O) groups is 1. The van der Waals surface area contributed by atoms with E-state index in [0.29, 0.717) is 6.42 Å². The van der Waals surface area contributed by atoms with Gasteiger partial charge in [-0.1, -0.05) is 69.8 Å². The van der Waals surface area contributed by atoms with E-state index in [9.17, 15) is 4.79 Å². The van der Waals surface area contributed by atoms with Crippen LogP contribution in [0.1, 0.15) is 90.4 Å². The quantitative estimate of drug-likeness (QED) is 0.285. The fourth-order valence-corrected chi connectivity index (χ4v) is 2.26. The first-order valence-corrected chi connectivity index (χ1v) is 8.79. The molecular weight excluding hydrogens is 260 g/mol. The van der Waals surface area contributed by atoms with Gasteiger partial charge in [-0.15, -0.1) is 0 Å². The van der Waals surface area contributed by atoms with Gasteiger partial charge in [-0.3, -0.25) is 4.79 Å². The summed E-state index contributed by atoms with van der Waals surface area (Å²) in [5, 5.41) is 8.51. The van der Waals surface area contributed by atoms with E-state index < -0.39 is 5.97 Å². The summed E-state index contributed by atoms with van der Waals surface area (Å²) < 4.78 is 0. The van der Waals surface area contributed by atoms with E-state index in [2.05, 4.69) is 31.2 Å². The Kier molecular flexibility index (Phi) is 16.2. The molecule has 0 spiro atoms. The average Bonchev–Trinajstić information content (AvgIpc) is 2.46. The smallest absolute Gasteiger partial charge is 0.303 e. The van der Waals surface area contributed by atoms with E-state index in [-0.39, 0.29) is 0 Å². The topological polar surface area (TPSA) is 37.3 Å². The Labute approximate surface area is 131 Å². The lowest BCUT2D eigenvalue weighted by Gasteiger charge is -1.98. The molecule has 0 rings (SSSR count). The molecule has 0 saturated carbocycles. The standard InChI is InChI=1S/C19H34O2/c1-2-3-4-5-6-7-8-9-10-11-12-13-14-15-16-17-18-19(20)21/h7-8,10-11H,2-6,9,12-18H2,1H3,(H,20,21)/b8-7-,11-10-. The van der Waals surface area contributed by atoms with E-state index in [4.69, 9.17) is 5.11 Å². The molecule has 0 amide bonds. The number of unbranched alkanes of at least 4 members (excludes halogenated alkanes) is 9. The highest BCUT2D eigenvalue weighted by Gasteiger charge is 1.95. The van der Waals surface area contributed by atoms with Crippen molar-refractivity contribution in [1.29, 1.82) is 0 Å². The highest BCUT2D eigenvalue weighted by Crippen LogP contribution is 2.08. The fraction of sp³-hybridized carbons (Fsp3) is 0.737. The maximum Gasteiger partial charge on any atom is 0.303 e. The third-order valence-electron chi connectivity index (χ3n) is 3.59. The summed E-state index contributed by atoms with van der Waals surface area (Å²) in [5.41, 5.74) is 0. The normalized spacial score (nSPS) is 11.7. The van der Waals surface area contributed by atoms with Crippen LogP contribution in [0.3, 0.4) is 0 Å². The van der Waals surface area contributed by atoms with Crippen molar-refractivity contribution < 1.29 is 9.90 Å². The Hall–Kier alpha value is -1.05. The lowest BCUT2D eigenvalue weighted by atomic mass is 10.1. The van der Waals surface area contributed by atoms with Gasteiger partial charge in [0.2, 0.25) is 0 Å². The highest BCUT2D eigenvalue weighted by molar-refractivity contribution is 5.66. The molecule has 0 aromatic rings. The molecule has 0 aliphatic rings. The number of hydrogen-bond donors (Lipinski definition) is 1. The first-order valence-electron chi connectivity index (χ1n) is 8.79. The number of carboxylic acid groups (broad SMARTS) is 1. The monoisotopic (exact) mass is 294 g/mol. The van der Waals surface area contributed by atoms with Crippen LogP contribution >= 0.6 is 0 Å². The fourth-order valence-electron chi connectivity index (χ4n) is 2.26. The van der Waals surface area contributed by atoms with Gasteiger partial charge in [-0.05, 0) is 38.5 Å². The number of hydrogen-bond acceptors (Lipinski definition) is 1. The van der Waals surface area contributed by atoms with Crippen molar-refractivity contribution in [3.63, 3.8) is 0 Å². The average molecular weight is 294 g/mol. The molecule has 0 saturated heterocycles. The van der Waals surface area contributed by atoms with Crippen LogP contribution in [0.15, 0.2) is 24.3 Å². The van der Waals surface area contributed by atoms with Crippen LogP contribution < -0.4 is 0 Å². The SMILES string of the molecule is CCCCCC/C=C\C/C=C\CCCCCCCC(=O)O. The maximum atomic E-state index is 10.3. The Bertz CT molecular complexity index is 279. The molecule has 0 radical (unpaired) electrons. The van der Waals surface area contributed by atoms with Crippen LogP contribution in [0.25, 0.3) is 0 Å². The number of rotatable bonds is 15. The maximum absolute atomic E-state index is 10.3. The van der Waals surface area contributed by atoms with Crippen molar-refractivity contribution in [3.8, 4) is 0 Å². The van der Waals surface area contributed by atoms with Gasteiger partial charge in [0.1, 0.15) is 0 Å². The van der Waals surface area contributed by atoms with Gasteiger partial charge >= 0.3 is 5.97 Å². The van der Waals surface area contributed by atoms with Gasteiger partial charge in [0.05, 0.1) is 0 Å². The second-order valence-corrected chi connectivity index (χ2v) is 5.73. The van der Waals surface area contributed by atoms with Crippen LogP contribution in [0, 0.1) is 0 Å². The van der Waals surface area contributed by atoms with E-state index in [1.807, 2.05) is 0 Å². The zero-order valence-corrected chi connectivity index (χ0v) is 13.9. The molecule has 0 fully saturated rings. The molecule has 0 aromatic carbocycles. The van der Waals surface area contributed by atoms with Crippen molar-refractivity contribution in [2.45, 2.75) is 90.4 Å². The van der Waals surface area contributed by atoms with Crippen LogP contribution in [0.4, 0.5) is 0 Å². The van der Waals surface area contributed by atoms with Crippen molar-refractivity contribution in [1.82, 2.24) is 0 Å². The van der Waals surface area contributed by atoms with Crippen LogP contribution in [0.2, 0.25) is 0 Å². The molecular formula is C19H34O2. The third-order valence-corrected chi connectivity index (χ3v) is 3.59. The lowest BCUT2D eigenvalue weighted by Crippen LogP contribution is -1.93.